The predicted octanol–water partition coefficient (Wildman–Crippen LogP) is 2.00. The van der Waals surface area contributed by atoms with Gasteiger partial charge in [0.25, 0.3) is 0 Å². The first-order chi connectivity index (χ1) is 4.31. The molecule has 0 bridgehead atoms. The molecule has 0 amide bonds. The zero-order valence-corrected chi connectivity index (χ0v) is 6.83. The third-order valence-corrected chi connectivity index (χ3v) is 2.00. The minimum atomic E-state index is 0.0817. The molecule has 0 saturated heterocycles. The second-order valence-electron chi connectivity index (χ2n) is 1.97. The van der Waals surface area contributed by atoms with E-state index in [4.69, 9.17) is 28.3 Å². The zero-order valence-electron chi connectivity index (χ0n) is 5.32. The van der Waals surface area contributed by atoms with Crippen LogP contribution in [-0.4, -0.2) is 23.0 Å². The van der Waals surface area contributed by atoms with E-state index in [1.807, 2.05) is 0 Å². The molecule has 3 heteroatoms. The smallest absolute Gasteiger partial charge is 0.0471 e. The first kappa shape index (κ1) is 9.54. The van der Waals surface area contributed by atoms with Gasteiger partial charge in [-0.15, -0.1) is 23.2 Å². The Labute approximate surface area is 66.0 Å². The summed E-state index contributed by atoms with van der Waals surface area (Å²) < 4.78 is 0. The molecule has 0 aliphatic rings. The first-order valence-corrected chi connectivity index (χ1v) is 4.09. The molecule has 0 aromatic rings. The number of aliphatic hydroxyl groups is 1. The highest BCUT2D eigenvalue weighted by Crippen LogP contribution is 2.08. The van der Waals surface area contributed by atoms with Gasteiger partial charge >= 0.3 is 0 Å². The highest BCUT2D eigenvalue weighted by molar-refractivity contribution is 6.28. The lowest BCUT2D eigenvalue weighted by Gasteiger charge is -2.01. The van der Waals surface area contributed by atoms with E-state index in [-0.39, 0.29) is 12.0 Å². The van der Waals surface area contributed by atoms with Crippen molar-refractivity contribution in [1.29, 1.82) is 0 Å². The van der Waals surface area contributed by atoms with Crippen LogP contribution in [0.5, 0.6) is 0 Å². The topological polar surface area (TPSA) is 20.2 Å². The van der Waals surface area contributed by atoms with Gasteiger partial charge in [-0.3, -0.25) is 0 Å². The minimum Gasteiger partial charge on any atom is -0.396 e. The van der Waals surface area contributed by atoms with Crippen LogP contribution >= 0.6 is 23.2 Å². The Morgan fingerprint density at radius 3 is 2.44 bits per heavy atom. The molecule has 0 aliphatic heterocycles. The number of alkyl halides is 2. The number of halogens is 2. The Hall–Kier alpha value is 0.540. The Bertz CT molecular complexity index is 59.0. The van der Waals surface area contributed by atoms with Crippen LogP contribution in [0.25, 0.3) is 0 Å². The van der Waals surface area contributed by atoms with E-state index < -0.39 is 0 Å². The number of aliphatic hydroxyl groups excluding tert-OH is 1. The monoisotopic (exact) mass is 170 g/mol. The summed E-state index contributed by atoms with van der Waals surface area (Å²) in [6, 6.07) is 0. The molecular formula is C6H12Cl2O. The fourth-order valence-electron chi connectivity index (χ4n) is 0.555. The second kappa shape index (κ2) is 6.66. The standard InChI is InChI=1S/C6H12Cl2O/c7-5-6(8)3-1-2-4-9/h6,9H,1-5H2. The Morgan fingerprint density at radius 2 is 2.00 bits per heavy atom. The summed E-state index contributed by atoms with van der Waals surface area (Å²) in [5.41, 5.74) is 0. The number of rotatable bonds is 5. The molecule has 0 fully saturated rings. The van der Waals surface area contributed by atoms with Crippen molar-refractivity contribution in [2.45, 2.75) is 24.6 Å². The van der Waals surface area contributed by atoms with Gasteiger partial charge in [-0.1, -0.05) is 0 Å². The molecule has 56 valence electrons. The quantitative estimate of drug-likeness (QED) is 0.495. The van der Waals surface area contributed by atoms with Crippen molar-refractivity contribution < 1.29 is 5.11 Å². The van der Waals surface area contributed by atoms with Crippen LogP contribution in [0.4, 0.5) is 0 Å². The zero-order chi connectivity index (χ0) is 7.11. The summed E-state index contributed by atoms with van der Waals surface area (Å²) in [4.78, 5) is 0. The lowest BCUT2D eigenvalue weighted by molar-refractivity contribution is 0.283. The largest absolute Gasteiger partial charge is 0.396 e. The van der Waals surface area contributed by atoms with Gasteiger partial charge in [0, 0.05) is 17.9 Å². The van der Waals surface area contributed by atoms with Gasteiger partial charge in [0.05, 0.1) is 0 Å². The van der Waals surface area contributed by atoms with Crippen molar-refractivity contribution in [1.82, 2.24) is 0 Å². The molecule has 1 nitrogen and oxygen atoms in total. The maximum atomic E-state index is 8.38. The number of hydrogen-bond donors (Lipinski definition) is 1. The Kier molecular flexibility index (Phi) is 7.06. The van der Waals surface area contributed by atoms with Crippen molar-refractivity contribution in [2.75, 3.05) is 12.5 Å². The fraction of sp³-hybridized carbons (Fsp3) is 1.00. The highest BCUT2D eigenvalue weighted by Gasteiger charge is 1.99. The molecule has 0 aliphatic carbocycles. The minimum absolute atomic E-state index is 0.0817. The van der Waals surface area contributed by atoms with Crippen molar-refractivity contribution >= 4 is 23.2 Å². The molecule has 1 unspecified atom stereocenters. The van der Waals surface area contributed by atoms with E-state index in [0.717, 1.165) is 19.3 Å². The molecule has 9 heavy (non-hydrogen) atoms. The second-order valence-corrected chi connectivity index (χ2v) is 2.90. The van der Waals surface area contributed by atoms with Crippen LogP contribution in [0.15, 0.2) is 0 Å². The predicted molar refractivity (Wildman–Crippen MR) is 41.3 cm³/mol. The average Bonchev–Trinajstić information content (AvgIpc) is 1.89. The van der Waals surface area contributed by atoms with Crippen molar-refractivity contribution in [3.63, 3.8) is 0 Å². The third-order valence-electron chi connectivity index (χ3n) is 1.09. The van der Waals surface area contributed by atoms with Crippen LogP contribution in [0.2, 0.25) is 0 Å². The molecule has 0 spiro atoms. The maximum Gasteiger partial charge on any atom is 0.0471 e. The Morgan fingerprint density at radius 1 is 1.33 bits per heavy atom. The molecule has 0 rings (SSSR count). The summed E-state index contributed by atoms with van der Waals surface area (Å²) >= 11 is 11.1. The normalized spacial score (nSPS) is 13.7. The van der Waals surface area contributed by atoms with E-state index in [9.17, 15) is 0 Å². The van der Waals surface area contributed by atoms with E-state index in [1.165, 1.54) is 0 Å². The SMILES string of the molecule is OCCCCC(Cl)CCl. The summed E-state index contributed by atoms with van der Waals surface area (Å²) in [5.74, 6) is 0.507. The van der Waals surface area contributed by atoms with Gasteiger partial charge in [0.1, 0.15) is 0 Å². The number of hydrogen-bond acceptors (Lipinski definition) is 1. The van der Waals surface area contributed by atoms with Gasteiger partial charge in [0.15, 0.2) is 0 Å². The highest BCUT2D eigenvalue weighted by atomic mass is 35.5. The third kappa shape index (κ3) is 6.42. The molecule has 0 heterocycles. The van der Waals surface area contributed by atoms with Crippen molar-refractivity contribution in [3.05, 3.63) is 0 Å². The first-order valence-electron chi connectivity index (χ1n) is 3.12. The maximum absolute atomic E-state index is 8.38. The summed E-state index contributed by atoms with van der Waals surface area (Å²) in [6.45, 7) is 0.256. The van der Waals surface area contributed by atoms with Crippen molar-refractivity contribution in [2.24, 2.45) is 0 Å². The molecule has 1 N–H and O–H groups in total. The molecule has 1 atom stereocenters. The fourth-order valence-corrected chi connectivity index (χ4v) is 0.863. The summed E-state index contributed by atoms with van der Waals surface area (Å²) in [7, 11) is 0. The molecule has 0 aromatic heterocycles. The van der Waals surface area contributed by atoms with E-state index >= 15 is 0 Å². The van der Waals surface area contributed by atoms with Gasteiger partial charge in [-0.2, -0.15) is 0 Å². The van der Waals surface area contributed by atoms with Crippen LogP contribution in [0.3, 0.4) is 0 Å². The molecule has 0 aromatic carbocycles. The lowest BCUT2D eigenvalue weighted by atomic mass is 10.2. The summed E-state index contributed by atoms with van der Waals surface area (Å²) in [5, 5.41) is 8.46. The molecular weight excluding hydrogens is 159 g/mol. The van der Waals surface area contributed by atoms with Gasteiger partial charge in [-0.25, -0.2) is 0 Å². The van der Waals surface area contributed by atoms with E-state index in [1.54, 1.807) is 0 Å². The molecule has 0 radical (unpaired) electrons. The lowest BCUT2D eigenvalue weighted by Crippen LogP contribution is -1.99. The van der Waals surface area contributed by atoms with E-state index in [0.29, 0.717) is 5.88 Å². The number of unbranched alkanes of at least 4 members (excludes halogenated alkanes) is 1. The van der Waals surface area contributed by atoms with Crippen LogP contribution in [-0.2, 0) is 0 Å². The van der Waals surface area contributed by atoms with Crippen molar-refractivity contribution in [3.8, 4) is 0 Å². The summed E-state index contributed by atoms with van der Waals surface area (Å²) in [6.07, 6.45) is 2.71. The van der Waals surface area contributed by atoms with Crippen LogP contribution in [0, 0.1) is 0 Å². The van der Waals surface area contributed by atoms with Gasteiger partial charge in [0.2, 0.25) is 0 Å². The van der Waals surface area contributed by atoms with Crippen LogP contribution < -0.4 is 0 Å². The average molecular weight is 171 g/mol. The van der Waals surface area contributed by atoms with Gasteiger partial charge < -0.3 is 5.11 Å². The Balaban J connectivity index is 2.88. The molecule has 0 saturated carbocycles. The van der Waals surface area contributed by atoms with E-state index in [2.05, 4.69) is 0 Å². The van der Waals surface area contributed by atoms with Crippen LogP contribution in [0.1, 0.15) is 19.3 Å². The van der Waals surface area contributed by atoms with Gasteiger partial charge in [-0.05, 0) is 19.3 Å².